The zero-order valence-corrected chi connectivity index (χ0v) is 22.1. The number of thioether (sulfide) groups is 1. The molecule has 3 aliphatic heterocycles. The van der Waals surface area contributed by atoms with Crippen molar-refractivity contribution in [2.75, 3.05) is 32.8 Å². The van der Waals surface area contributed by atoms with E-state index in [0.717, 1.165) is 25.7 Å². The topological polar surface area (TPSA) is 87.1 Å². The summed E-state index contributed by atoms with van der Waals surface area (Å²) in [5, 5.41) is 9.31. The van der Waals surface area contributed by atoms with E-state index >= 15 is 0 Å². The number of esters is 1. The van der Waals surface area contributed by atoms with Crippen LogP contribution in [0.15, 0.2) is 25.3 Å². The third-order valence-corrected chi connectivity index (χ3v) is 9.87. The number of fused-ring (bicyclic) bond motifs is 1. The maximum Gasteiger partial charge on any atom is 0.310 e. The molecule has 0 saturated carbocycles. The number of ether oxygens (including phenoxy) is 1. The summed E-state index contributed by atoms with van der Waals surface area (Å²) < 4.78 is 4.99. The number of unbranched alkanes of at least 4 members (excludes halogenated alkanes) is 3. The fourth-order valence-corrected chi connectivity index (χ4v) is 8.57. The number of amides is 2. The van der Waals surface area contributed by atoms with Gasteiger partial charge in [-0.05, 0) is 44.4 Å². The van der Waals surface area contributed by atoms with Crippen LogP contribution in [0.25, 0.3) is 0 Å². The van der Waals surface area contributed by atoms with Crippen molar-refractivity contribution in [3.63, 3.8) is 0 Å². The van der Waals surface area contributed by atoms with Gasteiger partial charge in [0.1, 0.15) is 6.04 Å². The summed E-state index contributed by atoms with van der Waals surface area (Å²) in [6.45, 7) is 13.6. The molecule has 3 fully saturated rings. The zero-order chi connectivity index (χ0) is 25.6. The molecule has 3 rings (SSSR count). The van der Waals surface area contributed by atoms with E-state index in [1.807, 2.05) is 4.90 Å². The molecule has 3 aliphatic rings. The second-order valence-electron chi connectivity index (χ2n) is 10.0. The van der Waals surface area contributed by atoms with Gasteiger partial charge in [-0.15, -0.1) is 24.9 Å². The van der Waals surface area contributed by atoms with E-state index in [1.165, 1.54) is 0 Å². The molecule has 0 aromatic rings. The van der Waals surface area contributed by atoms with Crippen molar-refractivity contribution in [3.05, 3.63) is 25.3 Å². The Bertz CT molecular complexity index is 804. The normalized spacial score (nSPS) is 30.9. The Morgan fingerprint density at radius 3 is 2.69 bits per heavy atom. The predicted molar refractivity (Wildman–Crippen MR) is 139 cm³/mol. The van der Waals surface area contributed by atoms with E-state index < -0.39 is 22.6 Å². The summed E-state index contributed by atoms with van der Waals surface area (Å²) >= 11 is 1.68. The van der Waals surface area contributed by atoms with Crippen LogP contribution in [0.2, 0.25) is 0 Å². The van der Waals surface area contributed by atoms with Gasteiger partial charge >= 0.3 is 5.97 Å². The van der Waals surface area contributed by atoms with Crippen LogP contribution < -0.4 is 0 Å². The van der Waals surface area contributed by atoms with Crippen LogP contribution >= 0.6 is 11.8 Å². The lowest BCUT2D eigenvalue weighted by Gasteiger charge is -2.40. The summed E-state index contributed by atoms with van der Waals surface area (Å²) in [7, 11) is 0. The molecule has 6 atom stereocenters. The van der Waals surface area contributed by atoms with E-state index in [0.29, 0.717) is 45.5 Å². The minimum Gasteiger partial charge on any atom is -0.465 e. The molecule has 8 heteroatoms. The summed E-state index contributed by atoms with van der Waals surface area (Å²) in [5.74, 6) is -1.40. The molecule has 0 aliphatic carbocycles. The van der Waals surface area contributed by atoms with Crippen LogP contribution in [-0.4, -0.2) is 81.6 Å². The number of aliphatic hydroxyl groups excluding tert-OH is 1. The molecule has 2 bridgehead atoms. The summed E-state index contributed by atoms with van der Waals surface area (Å²) in [6, 6.07) is -0.612. The van der Waals surface area contributed by atoms with Crippen molar-refractivity contribution in [1.29, 1.82) is 0 Å². The number of nitrogens with zero attached hydrogens (tertiary/aromatic N) is 2. The van der Waals surface area contributed by atoms with E-state index in [9.17, 15) is 19.5 Å². The molecule has 1 spiro atoms. The predicted octanol–water partition coefficient (Wildman–Crippen LogP) is 3.42. The number of carbonyl (C=O) groups excluding carboxylic acids is 3. The molecule has 3 saturated heterocycles. The molecular weight excluding hydrogens is 464 g/mol. The highest BCUT2D eigenvalue weighted by atomic mass is 32.2. The van der Waals surface area contributed by atoms with E-state index in [2.05, 4.69) is 27.0 Å². The smallest absolute Gasteiger partial charge is 0.310 e. The SMILES string of the molecule is C=CCCCOC(=O)[C@@H]1[C@H]2C(=O)N(CCCCO)C(C(=O)N(CC=C)CCCC)C23S[C@@H]1CC3C. The van der Waals surface area contributed by atoms with Crippen LogP contribution in [0.3, 0.4) is 0 Å². The van der Waals surface area contributed by atoms with Crippen LogP contribution in [0.4, 0.5) is 0 Å². The van der Waals surface area contributed by atoms with Gasteiger partial charge in [0.15, 0.2) is 0 Å². The van der Waals surface area contributed by atoms with Gasteiger partial charge in [-0.3, -0.25) is 14.4 Å². The Morgan fingerprint density at radius 2 is 2.03 bits per heavy atom. The number of hydrogen-bond acceptors (Lipinski definition) is 6. The first kappa shape index (κ1) is 27.8. The molecule has 0 aromatic carbocycles. The highest BCUT2D eigenvalue weighted by molar-refractivity contribution is 8.02. The minimum absolute atomic E-state index is 0.00996. The quantitative estimate of drug-likeness (QED) is 0.208. The zero-order valence-electron chi connectivity index (χ0n) is 21.3. The molecule has 3 unspecified atom stereocenters. The lowest BCUT2D eigenvalue weighted by atomic mass is 9.66. The summed E-state index contributed by atoms with van der Waals surface area (Å²) in [4.78, 5) is 44.9. The van der Waals surface area contributed by atoms with Gasteiger partial charge in [-0.25, -0.2) is 0 Å². The molecule has 2 amide bonds. The van der Waals surface area contributed by atoms with E-state index in [-0.39, 0.29) is 35.6 Å². The van der Waals surface area contributed by atoms with Gasteiger partial charge in [-0.1, -0.05) is 32.4 Å². The number of allylic oxidation sites excluding steroid dienone is 1. The van der Waals surface area contributed by atoms with Crippen LogP contribution in [-0.2, 0) is 19.1 Å². The summed E-state index contributed by atoms with van der Waals surface area (Å²) in [6.07, 6.45) is 8.84. The summed E-state index contributed by atoms with van der Waals surface area (Å²) in [5.41, 5.74) is 0. The van der Waals surface area contributed by atoms with Crippen molar-refractivity contribution in [2.24, 2.45) is 17.8 Å². The molecule has 1 N–H and O–H groups in total. The Kier molecular flexibility index (Phi) is 9.87. The number of hydrogen-bond donors (Lipinski definition) is 1. The van der Waals surface area contributed by atoms with Crippen molar-refractivity contribution < 1.29 is 24.2 Å². The first-order chi connectivity index (χ1) is 16.9. The first-order valence-electron chi connectivity index (χ1n) is 13.1. The van der Waals surface area contributed by atoms with E-state index in [1.54, 1.807) is 28.8 Å². The second kappa shape index (κ2) is 12.4. The molecule has 7 nitrogen and oxygen atoms in total. The van der Waals surface area contributed by atoms with Crippen molar-refractivity contribution in [2.45, 2.75) is 74.8 Å². The number of carbonyl (C=O) groups is 3. The van der Waals surface area contributed by atoms with E-state index in [4.69, 9.17) is 4.74 Å². The van der Waals surface area contributed by atoms with Gasteiger partial charge in [0, 0.05) is 31.5 Å². The van der Waals surface area contributed by atoms with Gasteiger partial charge in [0.05, 0.1) is 23.2 Å². The Labute approximate surface area is 214 Å². The fourth-order valence-electron chi connectivity index (χ4n) is 6.17. The minimum atomic E-state index is -0.630. The lowest BCUT2D eigenvalue weighted by molar-refractivity contribution is -0.154. The number of aliphatic hydroxyl groups is 1. The van der Waals surface area contributed by atoms with Gasteiger partial charge < -0.3 is 19.6 Å². The Morgan fingerprint density at radius 1 is 1.26 bits per heavy atom. The van der Waals surface area contributed by atoms with Crippen molar-refractivity contribution in [1.82, 2.24) is 9.80 Å². The average molecular weight is 507 g/mol. The maximum absolute atomic E-state index is 14.1. The van der Waals surface area contributed by atoms with Crippen LogP contribution in [0.5, 0.6) is 0 Å². The van der Waals surface area contributed by atoms with Gasteiger partial charge in [0.25, 0.3) is 0 Å². The maximum atomic E-state index is 14.1. The Balaban J connectivity index is 1.94. The standard InChI is InChI=1S/C27H42N2O5S/c1-5-8-12-17-34-26(33)21-20-18-19(4)27(35-20)22(21)24(31)29(15-10-11-16-30)23(27)25(32)28(13-7-3)14-9-6-2/h5,7,19-23,30H,1,3,6,8-18H2,2,4H3/t19?,20-,21+,22+,23?,27?/m1/s1. The molecular formula is C27H42N2O5S. The van der Waals surface area contributed by atoms with Crippen LogP contribution in [0, 0.1) is 17.8 Å². The molecule has 196 valence electrons. The average Bonchev–Trinajstić information content (AvgIpc) is 3.43. The Hall–Kier alpha value is -1.80. The lowest BCUT2D eigenvalue weighted by Crippen LogP contribution is -2.57. The highest BCUT2D eigenvalue weighted by Crippen LogP contribution is 2.68. The third kappa shape index (κ3) is 5.19. The van der Waals surface area contributed by atoms with Gasteiger partial charge in [0.2, 0.25) is 11.8 Å². The van der Waals surface area contributed by atoms with Crippen LogP contribution in [0.1, 0.15) is 58.8 Å². The molecule has 0 radical (unpaired) electrons. The van der Waals surface area contributed by atoms with Crippen molar-refractivity contribution >= 4 is 29.5 Å². The monoisotopic (exact) mass is 506 g/mol. The molecule has 0 aromatic heterocycles. The highest BCUT2D eigenvalue weighted by Gasteiger charge is 2.76. The first-order valence-corrected chi connectivity index (χ1v) is 14.0. The molecule has 35 heavy (non-hydrogen) atoms. The second-order valence-corrected chi connectivity index (χ2v) is 11.6. The van der Waals surface area contributed by atoms with Gasteiger partial charge in [-0.2, -0.15) is 0 Å². The molecule has 3 heterocycles. The number of likely N-dealkylation sites (tertiary alicyclic amines) is 1. The largest absolute Gasteiger partial charge is 0.465 e. The fraction of sp³-hybridized carbons (Fsp3) is 0.741. The third-order valence-electron chi connectivity index (χ3n) is 7.80. The number of rotatable bonds is 15. The van der Waals surface area contributed by atoms with Crippen molar-refractivity contribution in [3.8, 4) is 0 Å².